The van der Waals surface area contributed by atoms with Gasteiger partial charge in [0.1, 0.15) is 23.8 Å². The first-order valence-corrected chi connectivity index (χ1v) is 9.47. The van der Waals surface area contributed by atoms with Crippen molar-refractivity contribution >= 4 is 35.4 Å². The van der Waals surface area contributed by atoms with E-state index >= 15 is 0 Å². The van der Waals surface area contributed by atoms with Crippen molar-refractivity contribution in [3.05, 3.63) is 18.6 Å². The van der Waals surface area contributed by atoms with Crippen LogP contribution in [0.3, 0.4) is 0 Å². The first-order chi connectivity index (χ1) is 11.0. The smallest absolute Gasteiger partial charge is 0.327 e. The molecule has 0 aromatic carbocycles. The van der Waals surface area contributed by atoms with Gasteiger partial charge in [-0.25, -0.2) is 9.97 Å². The van der Waals surface area contributed by atoms with Gasteiger partial charge in [0.2, 0.25) is 0 Å². The number of hydrogen-bond donors (Lipinski definition) is 2. The summed E-state index contributed by atoms with van der Waals surface area (Å²) in [5.74, 6) is 0. The van der Waals surface area contributed by atoms with E-state index in [0.29, 0.717) is 16.9 Å². The Hall–Kier alpha value is -1.13. The van der Waals surface area contributed by atoms with Gasteiger partial charge in [0, 0.05) is 13.3 Å². The molecule has 0 aliphatic carbocycles. The van der Waals surface area contributed by atoms with Gasteiger partial charge in [0.25, 0.3) is 0 Å². The van der Waals surface area contributed by atoms with Gasteiger partial charge in [0.15, 0.2) is 11.9 Å². The van der Waals surface area contributed by atoms with Crippen LogP contribution in [0.2, 0.25) is 0 Å². The third-order valence-electron chi connectivity index (χ3n) is 3.95. The predicted octanol–water partition coefficient (Wildman–Crippen LogP) is 0.558. The van der Waals surface area contributed by atoms with E-state index in [0.717, 1.165) is 0 Å². The molecule has 4 heterocycles. The highest BCUT2D eigenvalue weighted by atomic mass is 32.5. The maximum absolute atomic E-state index is 10.6. The summed E-state index contributed by atoms with van der Waals surface area (Å²) in [6.07, 6.45) is 0.368. The summed E-state index contributed by atoms with van der Waals surface area (Å²) in [5.41, 5.74) is 7.47. The second-order valence-corrected chi connectivity index (χ2v) is 8.35. The largest absolute Gasteiger partial charge is 0.397 e. The van der Waals surface area contributed by atoms with Crippen molar-refractivity contribution in [1.29, 1.82) is 0 Å². The molecule has 5 atom stereocenters. The van der Waals surface area contributed by atoms with Crippen LogP contribution in [0.4, 0.5) is 5.69 Å². The summed E-state index contributed by atoms with van der Waals surface area (Å²) < 4.78 is 23.7. The number of ether oxygens (including phenoxy) is 1. The molecular weight excluding hydrogens is 343 g/mol. The van der Waals surface area contributed by atoms with Gasteiger partial charge in [-0.1, -0.05) is 0 Å². The second-order valence-electron chi connectivity index (χ2n) is 5.28. The molecule has 124 valence electrons. The average Bonchev–Trinajstić information content (AvgIpc) is 3.10. The summed E-state index contributed by atoms with van der Waals surface area (Å²) in [6.45, 7) is -2.63. The minimum atomic E-state index is -2.83. The minimum Gasteiger partial charge on any atom is -0.397 e. The number of aliphatic hydroxyl groups excluding tert-OH is 1. The highest BCUT2D eigenvalue weighted by molar-refractivity contribution is 8.07. The van der Waals surface area contributed by atoms with Crippen molar-refractivity contribution < 1.29 is 23.4 Å². The van der Waals surface area contributed by atoms with Crippen LogP contribution >= 0.6 is 6.72 Å². The number of nitrogens with zero attached hydrogens (tertiary/aromatic N) is 3. The van der Waals surface area contributed by atoms with Gasteiger partial charge >= 0.3 is 6.72 Å². The highest BCUT2D eigenvalue weighted by Crippen LogP contribution is 2.56. The van der Waals surface area contributed by atoms with Crippen LogP contribution in [0.1, 0.15) is 6.23 Å². The van der Waals surface area contributed by atoms with Crippen molar-refractivity contribution in [2.45, 2.75) is 24.5 Å². The number of anilines is 1. The second kappa shape index (κ2) is 5.45. The van der Waals surface area contributed by atoms with Crippen LogP contribution in [-0.4, -0.2) is 51.7 Å². The number of aromatic nitrogens is 3. The van der Waals surface area contributed by atoms with E-state index in [9.17, 15) is 5.11 Å². The molecule has 4 rings (SSSR count). The van der Waals surface area contributed by atoms with Gasteiger partial charge in [0.05, 0.1) is 18.6 Å². The Morgan fingerprint density at radius 2 is 2.35 bits per heavy atom. The van der Waals surface area contributed by atoms with Gasteiger partial charge in [-0.05, 0) is 17.9 Å². The molecule has 2 saturated heterocycles. The van der Waals surface area contributed by atoms with Gasteiger partial charge in [-0.2, -0.15) is 0 Å². The quantitative estimate of drug-likeness (QED) is 0.743. The van der Waals surface area contributed by atoms with Crippen LogP contribution in [-0.2, 0) is 30.1 Å². The summed E-state index contributed by atoms with van der Waals surface area (Å²) in [6, 6.07) is 1.66. The lowest BCUT2D eigenvalue weighted by atomic mass is 10.1. The molecule has 2 aromatic heterocycles. The molecule has 9 nitrogen and oxygen atoms in total. The SMILES string of the molecule is COP1(=S)OC[C@H]2O[C@@H](n3cnc4c(N)ccnc43)C(O)C2O1. The molecule has 3 N–H and O–H groups in total. The molecule has 0 radical (unpaired) electrons. The minimum absolute atomic E-state index is 0.200. The fraction of sp³-hybridized carbons (Fsp3) is 0.500. The Labute approximate surface area is 136 Å². The number of hydrogen-bond acceptors (Lipinski definition) is 9. The molecule has 11 heteroatoms. The van der Waals surface area contributed by atoms with E-state index in [1.54, 1.807) is 16.8 Å². The van der Waals surface area contributed by atoms with Crippen molar-refractivity contribution in [2.75, 3.05) is 19.5 Å². The zero-order valence-electron chi connectivity index (χ0n) is 12.1. The number of nitrogen functional groups attached to an aromatic ring is 1. The zero-order valence-corrected chi connectivity index (χ0v) is 13.8. The number of fused-ring (bicyclic) bond motifs is 2. The molecule has 2 fully saturated rings. The fourth-order valence-electron chi connectivity index (χ4n) is 2.79. The average molecular weight is 358 g/mol. The monoisotopic (exact) mass is 358 g/mol. The molecule has 0 amide bonds. The standard InChI is InChI=1S/C12H15N4O5PS/c1-18-22(23)19-4-7-10(21-22)9(17)12(20-7)16-5-15-8-6(13)2-3-14-11(8)16/h2-3,5,7,9-10,12,17H,4H2,1H3,(H2,13,14)/t7-,9?,10?,12-,22?/m1/s1. The van der Waals surface area contributed by atoms with E-state index in [4.69, 9.17) is 35.8 Å². The third-order valence-corrected chi connectivity index (χ3v) is 6.38. The number of pyridine rings is 1. The van der Waals surface area contributed by atoms with E-state index in [-0.39, 0.29) is 6.61 Å². The van der Waals surface area contributed by atoms with E-state index in [2.05, 4.69) is 9.97 Å². The maximum atomic E-state index is 10.6. The number of aliphatic hydroxyl groups is 1. The van der Waals surface area contributed by atoms with E-state index < -0.39 is 31.3 Å². The fourth-order valence-corrected chi connectivity index (χ4v) is 4.41. The molecule has 3 unspecified atom stereocenters. The van der Waals surface area contributed by atoms with Crippen molar-refractivity contribution in [3.63, 3.8) is 0 Å². The van der Waals surface area contributed by atoms with E-state index in [1.807, 2.05) is 0 Å². The molecule has 0 saturated carbocycles. The normalized spacial score (nSPS) is 37.1. The summed E-state index contributed by atoms with van der Waals surface area (Å²) in [7, 11) is 1.43. The van der Waals surface area contributed by atoms with Crippen LogP contribution in [0.5, 0.6) is 0 Å². The Bertz CT molecular complexity index is 801. The molecule has 23 heavy (non-hydrogen) atoms. The lowest BCUT2D eigenvalue weighted by Crippen LogP contribution is -2.39. The Kier molecular flexibility index (Phi) is 3.65. The number of rotatable bonds is 2. The lowest BCUT2D eigenvalue weighted by Gasteiger charge is -2.32. The van der Waals surface area contributed by atoms with Crippen molar-refractivity contribution in [2.24, 2.45) is 0 Å². The molecule has 2 aliphatic heterocycles. The summed E-state index contributed by atoms with van der Waals surface area (Å²) in [4.78, 5) is 8.50. The van der Waals surface area contributed by atoms with Crippen molar-refractivity contribution in [1.82, 2.24) is 14.5 Å². The zero-order chi connectivity index (χ0) is 16.2. The van der Waals surface area contributed by atoms with Gasteiger partial charge in [-0.3, -0.25) is 9.09 Å². The van der Waals surface area contributed by atoms with Crippen LogP contribution in [0.15, 0.2) is 18.6 Å². The number of imidazole rings is 1. The van der Waals surface area contributed by atoms with Crippen LogP contribution < -0.4 is 5.73 Å². The predicted molar refractivity (Wildman–Crippen MR) is 84.0 cm³/mol. The first kappa shape index (κ1) is 15.4. The summed E-state index contributed by atoms with van der Waals surface area (Å²) in [5, 5.41) is 10.6. The van der Waals surface area contributed by atoms with Crippen LogP contribution in [0.25, 0.3) is 11.2 Å². The lowest BCUT2D eigenvalue weighted by molar-refractivity contribution is -0.0606. The van der Waals surface area contributed by atoms with Gasteiger partial charge in [-0.15, -0.1) is 0 Å². The van der Waals surface area contributed by atoms with Gasteiger partial charge < -0.3 is 24.6 Å². The van der Waals surface area contributed by atoms with Crippen molar-refractivity contribution in [3.8, 4) is 0 Å². The highest BCUT2D eigenvalue weighted by Gasteiger charge is 2.51. The Morgan fingerprint density at radius 3 is 3.13 bits per heavy atom. The van der Waals surface area contributed by atoms with E-state index in [1.165, 1.54) is 13.4 Å². The topological polar surface area (TPSA) is 114 Å². The Morgan fingerprint density at radius 1 is 1.52 bits per heavy atom. The first-order valence-electron chi connectivity index (χ1n) is 6.92. The Balaban J connectivity index is 1.68. The number of nitrogens with two attached hydrogens (primary N) is 1. The maximum Gasteiger partial charge on any atom is 0.327 e. The summed E-state index contributed by atoms with van der Waals surface area (Å²) >= 11 is 5.19. The van der Waals surface area contributed by atoms with Crippen LogP contribution in [0, 0.1) is 0 Å². The molecular formula is C12H15N4O5PS. The molecule has 0 spiro atoms. The third kappa shape index (κ3) is 2.38. The molecule has 2 aromatic rings. The molecule has 2 aliphatic rings. The molecule has 0 bridgehead atoms.